The van der Waals surface area contributed by atoms with Gasteiger partial charge < -0.3 is 19.8 Å². The number of carbonyl (C=O) groups is 2. The van der Waals surface area contributed by atoms with Crippen LogP contribution in [0.4, 0.5) is 13.6 Å². The first-order valence-electron chi connectivity index (χ1n) is 10.7. The van der Waals surface area contributed by atoms with Gasteiger partial charge in [-0.25, -0.2) is 9.59 Å². The highest BCUT2D eigenvalue weighted by Gasteiger charge is 2.39. The largest absolute Gasteiger partial charge is 0.477 e. The number of aliphatic hydroxyl groups excluding tert-OH is 1. The smallest absolute Gasteiger partial charge is 0.410 e. The summed E-state index contributed by atoms with van der Waals surface area (Å²) in [4.78, 5) is 25.9. The summed E-state index contributed by atoms with van der Waals surface area (Å²) >= 11 is 1.18. The van der Waals surface area contributed by atoms with Gasteiger partial charge in [-0.1, -0.05) is 29.3 Å². The maximum atomic E-state index is 14.8. The predicted molar refractivity (Wildman–Crippen MR) is 121 cm³/mol. The van der Waals surface area contributed by atoms with Crippen molar-refractivity contribution in [3.05, 3.63) is 68.9 Å². The average molecular weight is 480 g/mol. The van der Waals surface area contributed by atoms with Crippen molar-refractivity contribution in [3.8, 4) is 0 Å². The van der Waals surface area contributed by atoms with Crippen LogP contribution in [-0.2, 0) is 17.1 Å². The molecule has 0 unspecified atom stereocenters. The molecule has 2 N–H and O–H groups in total. The van der Waals surface area contributed by atoms with Gasteiger partial charge in [0.15, 0.2) is 0 Å². The molecule has 2 aromatic rings. The molecule has 2 heterocycles. The van der Waals surface area contributed by atoms with E-state index < -0.39 is 30.1 Å². The topological polar surface area (TPSA) is 87.1 Å². The Labute approximate surface area is 195 Å². The van der Waals surface area contributed by atoms with E-state index in [4.69, 9.17) is 9.84 Å². The Kier molecular flexibility index (Phi) is 7.86. The van der Waals surface area contributed by atoms with Gasteiger partial charge in [-0.15, -0.1) is 11.3 Å². The van der Waals surface area contributed by atoms with E-state index in [2.05, 4.69) is 0 Å². The third-order valence-corrected chi connectivity index (χ3v) is 6.60. The first-order valence-corrected chi connectivity index (χ1v) is 11.5. The van der Waals surface area contributed by atoms with E-state index in [9.17, 15) is 23.5 Å². The molecule has 1 aromatic carbocycles. The highest BCUT2D eigenvalue weighted by atomic mass is 32.1. The number of thiophene rings is 1. The first-order chi connectivity index (χ1) is 15.6. The molecule has 6 nitrogen and oxygen atoms in total. The van der Waals surface area contributed by atoms with Crippen LogP contribution in [0.2, 0.25) is 0 Å². The number of hydrogen-bond donors (Lipinski definition) is 2. The number of ether oxygens (including phenoxy) is 1. The quantitative estimate of drug-likeness (QED) is 0.499. The summed E-state index contributed by atoms with van der Waals surface area (Å²) in [6, 6.07) is 7.30. The first kappa shape index (κ1) is 24.9. The Morgan fingerprint density at radius 1 is 1.30 bits per heavy atom. The fourth-order valence-corrected chi connectivity index (χ4v) is 4.73. The molecule has 0 saturated carbocycles. The normalized spacial score (nSPS) is 17.9. The number of rotatable bonds is 9. The second-order valence-electron chi connectivity index (χ2n) is 8.17. The highest BCUT2D eigenvalue weighted by molar-refractivity contribution is 7.13. The summed E-state index contributed by atoms with van der Waals surface area (Å²) < 4.78 is 34.8. The molecule has 0 spiro atoms. The second-order valence-corrected chi connectivity index (χ2v) is 9.34. The van der Waals surface area contributed by atoms with Crippen LogP contribution in [0, 0.1) is 13.8 Å². The molecule has 1 saturated heterocycles. The van der Waals surface area contributed by atoms with Crippen molar-refractivity contribution in [1.82, 2.24) is 4.90 Å². The van der Waals surface area contributed by atoms with Gasteiger partial charge in [0.05, 0.1) is 12.6 Å². The zero-order valence-electron chi connectivity index (χ0n) is 18.5. The van der Waals surface area contributed by atoms with E-state index in [0.29, 0.717) is 36.9 Å². The van der Waals surface area contributed by atoms with E-state index in [1.165, 1.54) is 34.4 Å². The van der Waals surface area contributed by atoms with Crippen LogP contribution in [0.3, 0.4) is 0 Å². The monoisotopic (exact) mass is 479 g/mol. The third-order valence-electron chi connectivity index (χ3n) is 5.46. The van der Waals surface area contributed by atoms with Crippen LogP contribution in [0.15, 0.2) is 42.5 Å². The van der Waals surface area contributed by atoms with Crippen LogP contribution in [0.5, 0.6) is 0 Å². The summed E-state index contributed by atoms with van der Waals surface area (Å²) in [6.45, 7) is 3.93. The average Bonchev–Trinajstić information content (AvgIpc) is 3.22. The molecule has 33 heavy (non-hydrogen) atoms. The molecule has 1 amide bonds. The fourth-order valence-electron chi connectivity index (χ4n) is 3.84. The van der Waals surface area contributed by atoms with E-state index >= 15 is 0 Å². The van der Waals surface area contributed by atoms with Crippen LogP contribution in [0.1, 0.15) is 44.1 Å². The summed E-state index contributed by atoms with van der Waals surface area (Å²) in [5, 5.41) is 19.3. The van der Waals surface area contributed by atoms with Crippen molar-refractivity contribution in [2.45, 2.75) is 51.2 Å². The summed E-state index contributed by atoms with van der Waals surface area (Å²) in [5.41, 5.74) is 1.11. The van der Waals surface area contributed by atoms with Crippen molar-refractivity contribution >= 4 is 23.4 Å². The summed E-state index contributed by atoms with van der Waals surface area (Å²) in [6.07, 6.45) is 1.46. The number of cyclic esters (lactones) is 1. The maximum Gasteiger partial charge on any atom is 0.410 e. The molecule has 1 fully saturated rings. The lowest BCUT2D eigenvalue weighted by atomic mass is 9.98. The number of hydrogen-bond acceptors (Lipinski definition) is 5. The third kappa shape index (κ3) is 6.17. The van der Waals surface area contributed by atoms with E-state index in [-0.39, 0.29) is 17.0 Å². The lowest BCUT2D eigenvalue weighted by Crippen LogP contribution is -2.45. The highest BCUT2D eigenvalue weighted by Crippen LogP contribution is 2.34. The number of aromatic carboxylic acids is 1. The number of aryl methyl sites for hydroxylation is 3. The zero-order chi connectivity index (χ0) is 24.2. The molecular weight excluding hydrogens is 452 g/mol. The number of carbonyl (C=O) groups excluding carboxylic acids is 1. The lowest BCUT2D eigenvalue weighted by molar-refractivity contribution is -0.0930. The van der Waals surface area contributed by atoms with Crippen molar-refractivity contribution in [1.29, 1.82) is 0 Å². The number of amides is 1. The van der Waals surface area contributed by atoms with E-state index in [0.717, 1.165) is 11.0 Å². The standard InChI is InChI=1S/C24H27F2NO5S/c1-15-12-16(2)14-17(13-15)24(25,26)21(28)8-5-18-9-11-32-23(31)27(18)10-3-4-19-6-7-20(33-19)22(29)30/h5-8,12-14,18,21,28H,3-4,9-11H2,1-2H3,(H,29,30)/t18-,21+/m0/s1. The minimum Gasteiger partial charge on any atom is -0.477 e. The van der Waals surface area contributed by atoms with Gasteiger partial charge in [-0.05, 0) is 51.0 Å². The lowest BCUT2D eigenvalue weighted by Gasteiger charge is -2.33. The maximum absolute atomic E-state index is 14.8. The molecule has 0 radical (unpaired) electrons. The van der Waals surface area contributed by atoms with Gasteiger partial charge in [-0.3, -0.25) is 0 Å². The van der Waals surface area contributed by atoms with Crippen LogP contribution < -0.4 is 0 Å². The van der Waals surface area contributed by atoms with Gasteiger partial charge in [0.1, 0.15) is 11.0 Å². The Morgan fingerprint density at radius 3 is 2.64 bits per heavy atom. The van der Waals surface area contributed by atoms with Crippen molar-refractivity contribution in [3.63, 3.8) is 0 Å². The Bertz CT molecular complexity index is 1020. The number of aliphatic hydroxyl groups is 1. The van der Waals surface area contributed by atoms with E-state index in [1.807, 2.05) is 0 Å². The van der Waals surface area contributed by atoms with Gasteiger partial charge in [0.25, 0.3) is 0 Å². The van der Waals surface area contributed by atoms with Gasteiger partial charge in [0.2, 0.25) is 0 Å². The number of benzene rings is 1. The van der Waals surface area contributed by atoms with Gasteiger partial charge in [-0.2, -0.15) is 8.78 Å². The molecule has 3 rings (SSSR count). The van der Waals surface area contributed by atoms with Crippen molar-refractivity contribution in [2.75, 3.05) is 13.2 Å². The van der Waals surface area contributed by atoms with Crippen LogP contribution >= 0.6 is 11.3 Å². The minimum atomic E-state index is -3.48. The van der Waals surface area contributed by atoms with Crippen molar-refractivity contribution in [2.24, 2.45) is 0 Å². The number of halogens is 2. The summed E-state index contributed by atoms with van der Waals surface area (Å²) in [5.74, 6) is -4.46. The summed E-state index contributed by atoms with van der Waals surface area (Å²) in [7, 11) is 0. The van der Waals surface area contributed by atoms with Crippen LogP contribution in [-0.4, -0.2) is 52.5 Å². The minimum absolute atomic E-state index is 0.167. The molecule has 178 valence electrons. The second kappa shape index (κ2) is 10.4. The predicted octanol–water partition coefficient (Wildman–Crippen LogP) is 4.92. The number of carboxylic acid groups (broad SMARTS) is 1. The molecule has 9 heteroatoms. The fraction of sp³-hybridized carbons (Fsp3) is 0.417. The van der Waals surface area contributed by atoms with Crippen LogP contribution in [0.25, 0.3) is 0 Å². The molecule has 0 bridgehead atoms. The molecule has 0 aliphatic carbocycles. The molecule has 1 aliphatic heterocycles. The molecular formula is C24H27F2NO5S. The molecule has 1 aliphatic rings. The number of carboxylic acids is 1. The SMILES string of the molecule is Cc1cc(C)cc(C(F)(F)[C@H](O)C=C[C@H]2CCOC(=O)N2CCCc2ccc(C(=O)O)s2)c1. The van der Waals surface area contributed by atoms with Gasteiger partial charge >= 0.3 is 18.0 Å². The van der Waals surface area contributed by atoms with E-state index in [1.54, 1.807) is 32.0 Å². The van der Waals surface area contributed by atoms with Crippen molar-refractivity contribution < 1.29 is 33.3 Å². The Hall–Kier alpha value is -2.78. The Balaban J connectivity index is 1.65. The zero-order valence-corrected chi connectivity index (χ0v) is 19.3. The number of alkyl halides is 2. The molecule has 2 atom stereocenters. The number of nitrogens with zero attached hydrogens (tertiary/aromatic N) is 1. The molecule has 1 aromatic heterocycles. The Morgan fingerprint density at radius 2 is 2.00 bits per heavy atom. The van der Waals surface area contributed by atoms with Gasteiger partial charge in [0, 0.05) is 23.4 Å².